The molecule has 2 aromatic rings. The van der Waals surface area contributed by atoms with Gasteiger partial charge in [-0.2, -0.15) is 0 Å². The Morgan fingerprint density at radius 2 is 1.83 bits per heavy atom. The first-order valence-electron chi connectivity index (χ1n) is 7.29. The summed E-state index contributed by atoms with van der Waals surface area (Å²) in [4.78, 5) is 12.1. The fourth-order valence-electron chi connectivity index (χ4n) is 1.86. The summed E-state index contributed by atoms with van der Waals surface area (Å²) < 4.78 is 0. The number of amides is 1. The molecule has 0 aliphatic heterocycles. The van der Waals surface area contributed by atoms with Gasteiger partial charge in [-0.15, -0.1) is 10.2 Å². The van der Waals surface area contributed by atoms with Crippen LogP contribution in [0.3, 0.4) is 0 Å². The molecule has 1 amide bonds. The highest BCUT2D eigenvalue weighted by atomic mass is 35.5. The van der Waals surface area contributed by atoms with Crippen LogP contribution in [0.1, 0.15) is 30.8 Å². The molecule has 23 heavy (non-hydrogen) atoms. The van der Waals surface area contributed by atoms with Crippen molar-refractivity contribution in [2.45, 2.75) is 20.3 Å². The molecule has 0 unspecified atom stereocenters. The highest BCUT2D eigenvalue weighted by Crippen LogP contribution is 2.22. The number of aromatic nitrogens is 2. The predicted molar refractivity (Wildman–Crippen MR) is 94.4 cm³/mol. The normalized spacial score (nSPS) is 10.7. The maximum Gasteiger partial charge on any atom is 0.276 e. The molecule has 5 nitrogen and oxygen atoms in total. The van der Waals surface area contributed by atoms with Crippen molar-refractivity contribution in [2.75, 3.05) is 17.2 Å². The van der Waals surface area contributed by atoms with Gasteiger partial charge in [-0.25, -0.2) is 0 Å². The smallest absolute Gasteiger partial charge is 0.276 e. The molecule has 0 bridgehead atoms. The zero-order valence-corrected chi connectivity index (χ0v) is 14.4. The summed E-state index contributed by atoms with van der Waals surface area (Å²) in [6.07, 6.45) is 1.04. The molecule has 122 valence electrons. The average molecular weight is 353 g/mol. The van der Waals surface area contributed by atoms with Gasteiger partial charge in [-0.1, -0.05) is 37.0 Å². The number of rotatable bonds is 6. The molecule has 2 rings (SSSR count). The number of carbonyl (C=O) groups excluding carboxylic acids is 1. The monoisotopic (exact) mass is 352 g/mol. The summed E-state index contributed by atoms with van der Waals surface area (Å²) in [5.74, 6) is 0.891. The SMILES string of the molecule is CC(C)CCNc1ccc(C(=O)Nc2cc(Cl)cc(Cl)c2)nn1. The minimum Gasteiger partial charge on any atom is -0.369 e. The van der Waals surface area contributed by atoms with E-state index in [1.807, 2.05) is 0 Å². The van der Waals surface area contributed by atoms with Crippen LogP contribution in [0, 0.1) is 5.92 Å². The fourth-order valence-corrected chi connectivity index (χ4v) is 2.38. The Hall–Kier alpha value is -1.85. The molecular weight excluding hydrogens is 335 g/mol. The molecule has 7 heteroatoms. The Labute approximate surface area is 145 Å². The molecule has 1 heterocycles. The molecule has 0 aliphatic carbocycles. The van der Waals surface area contributed by atoms with Crippen LogP contribution in [0.2, 0.25) is 10.0 Å². The number of hydrogen-bond acceptors (Lipinski definition) is 4. The topological polar surface area (TPSA) is 66.9 Å². The van der Waals surface area contributed by atoms with Gasteiger partial charge < -0.3 is 10.6 Å². The van der Waals surface area contributed by atoms with Crippen LogP contribution in [0.4, 0.5) is 11.5 Å². The standard InChI is InChI=1S/C16H18Cl2N4O/c1-10(2)5-6-19-15-4-3-14(21-22-15)16(23)20-13-8-11(17)7-12(18)9-13/h3-4,7-10H,5-6H2,1-2H3,(H,19,22)(H,20,23). The van der Waals surface area contributed by atoms with Crippen LogP contribution in [0.15, 0.2) is 30.3 Å². The molecule has 0 radical (unpaired) electrons. The van der Waals surface area contributed by atoms with Gasteiger partial charge in [0.15, 0.2) is 5.69 Å². The molecule has 0 aliphatic rings. The zero-order valence-electron chi connectivity index (χ0n) is 12.9. The van der Waals surface area contributed by atoms with Crippen LogP contribution in [-0.4, -0.2) is 22.6 Å². The molecule has 1 aromatic heterocycles. The number of benzene rings is 1. The van der Waals surface area contributed by atoms with Crippen LogP contribution in [0.25, 0.3) is 0 Å². The molecule has 1 aromatic carbocycles. The third kappa shape index (κ3) is 5.69. The molecule has 0 fully saturated rings. The van der Waals surface area contributed by atoms with Crippen molar-refractivity contribution in [2.24, 2.45) is 5.92 Å². The lowest BCUT2D eigenvalue weighted by Crippen LogP contribution is -2.15. The van der Waals surface area contributed by atoms with E-state index in [1.165, 1.54) is 0 Å². The molecule has 2 N–H and O–H groups in total. The van der Waals surface area contributed by atoms with Crippen LogP contribution in [-0.2, 0) is 0 Å². The highest BCUT2D eigenvalue weighted by molar-refractivity contribution is 6.35. The Morgan fingerprint density at radius 3 is 2.39 bits per heavy atom. The van der Waals surface area contributed by atoms with Gasteiger partial charge in [0, 0.05) is 22.3 Å². The first-order chi connectivity index (χ1) is 10.9. The molecular formula is C16H18Cl2N4O. The van der Waals surface area contributed by atoms with Crippen molar-refractivity contribution < 1.29 is 4.79 Å². The van der Waals surface area contributed by atoms with E-state index < -0.39 is 0 Å². The van der Waals surface area contributed by atoms with Gasteiger partial charge in [0.05, 0.1) is 0 Å². The van der Waals surface area contributed by atoms with Gasteiger partial charge in [-0.05, 0) is 42.7 Å². The summed E-state index contributed by atoms with van der Waals surface area (Å²) in [5.41, 5.74) is 0.726. The molecule has 0 spiro atoms. The predicted octanol–water partition coefficient (Wildman–Crippen LogP) is 4.49. The Kier molecular flexibility index (Phi) is 6.19. The van der Waals surface area contributed by atoms with Gasteiger partial charge in [0.2, 0.25) is 0 Å². The van der Waals surface area contributed by atoms with Crippen molar-refractivity contribution in [3.05, 3.63) is 46.1 Å². The number of anilines is 2. The number of carbonyl (C=O) groups is 1. The minimum atomic E-state index is -0.371. The minimum absolute atomic E-state index is 0.218. The Balaban J connectivity index is 1.97. The molecule has 0 saturated heterocycles. The van der Waals surface area contributed by atoms with E-state index in [2.05, 4.69) is 34.7 Å². The summed E-state index contributed by atoms with van der Waals surface area (Å²) in [7, 11) is 0. The van der Waals surface area contributed by atoms with E-state index in [4.69, 9.17) is 23.2 Å². The Bertz CT molecular complexity index is 654. The number of halogens is 2. The lowest BCUT2D eigenvalue weighted by molar-refractivity contribution is 0.102. The lowest BCUT2D eigenvalue weighted by atomic mass is 10.1. The van der Waals surface area contributed by atoms with E-state index in [-0.39, 0.29) is 11.6 Å². The van der Waals surface area contributed by atoms with Gasteiger partial charge in [0.25, 0.3) is 5.91 Å². The van der Waals surface area contributed by atoms with Crippen molar-refractivity contribution in [1.29, 1.82) is 0 Å². The van der Waals surface area contributed by atoms with Crippen molar-refractivity contribution in [3.8, 4) is 0 Å². The third-order valence-corrected chi connectivity index (χ3v) is 3.48. The quantitative estimate of drug-likeness (QED) is 0.803. The summed E-state index contributed by atoms with van der Waals surface area (Å²) in [6, 6.07) is 8.16. The molecule has 0 atom stereocenters. The van der Waals surface area contributed by atoms with Crippen molar-refractivity contribution >= 4 is 40.6 Å². The Morgan fingerprint density at radius 1 is 1.13 bits per heavy atom. The van der Waals surface area contributed by atoms with Gasteiger partial charge >= 0.3 is 0 Å². The maximum atomic E-state index is 12.1. The fraction of sp³-hybridized carbons (Fsp3) is 0.312. The van der Waals surface area contributed by atoms with Gasteiger partial charge in [0.1, 0.15) is 5.82 Å². The second kappa shape index (κ2) is 8.13. The summed E-state index contributed by atoms with van der Waals surface area (Å²) in [6.45, 7) is 5.13. The van der Waals surface area contributed by atoms with Crippen molar-refractivity contribution in [3.63, 3.8) is 0 Å². The van der Waals surface area contributed by atoms with Crippen LogP contribution < -0.4 is 10.6 Å². The average Bonchev–Trinajstić information content (AvgIpc) is 2.46. The first-order valence-corrected chi connectivity index (χ1v) is 8.04. The zero-order chi connectivity index (χ0) is 16.8. The van der Waals surface area contributed by atoms with E-state index in [0.717, 1.165) is 13.0 Å². The number of hydrogen-bond donors (Lipinski definition) is 2. The summed E-state index contributed by atoms with van der Waals surface area (Å²) in [5, 5.41) is 14.7. The van der Waals surface area contributed by atoms with Gasteiger partial charge in [-0.3, -0.25) is 4.79 Å². The lowest BCUT2D eigenvalue weighted by Gasteiger charge is -2.08. The van der Waals surface area contributed by atoms with E-state index >= 15 is 0 Å². The van der Waals surface area contributed by atoms with Crippen LogP contribution >= 0.6 is 23.2 Å². The van der Waals surface area contributed by atoms with E-state index in [1.54, 1.807) is 30.3 Å². The largest absolute Gasteiger partial charge is 0.369 e. The maximum absolute atomic E-state index is 12.1. The molecule has 0 saturated carbocycles. The van der Waals surface area contributed by atoms with E-state index in [9.17, 15) is 4.79 Å². The number of nitrogens with one attached hydrogen (secondary N) is 2. The second-order valence-electron chi connectivity index (χ2n) is 5.53. The first kappa shape index (κ1) is 17.5. The van der Waals surface area contributed by atoms with E-state index in [0.29, 0.717) is 27.5 Å². The van der Waals surface area contributed by atoms with Crippen molar-refractivity contribution in [1.82, 2.24) is 10.2 Å². The second-order valence-corrected chi connectivity index (χ2v) is 6.40. The summed E-state index contributed by atoms with van der Waals surface area (Å²) >= 11 is 11.8. The third-order valence-electron chi connectivity index (χ3n) is 3.05. The number of nitrogens with zero attached hydrogens (tertiary/aromatic N) is 2. The van der Waals surface area contributed by atoms with Crippen LogP contribution in [0.5, 0.6) is 0 Å². The highest BCUT2D eigenvalue weighted by Gasteiger charge is 2.09.